The molecule has 1 saturated heterocycles. The van der Waals surface area contributed by atoms with E-state index in [0.717, 1.165) is 47.6 Å². The number of hydrogen-bond acceptors (Lipinski definition) is 3. The van der Waals surface area contributed by atoms with Gasteiger partial charge in [0, 0.05) is 28.4 Å². The van der Waals surface area contributed by atoms with Crippen molar-refractivity contribution in [3.8, 4) is 0 Å². The third-order valence-corrected chi connectivity index (χ3v) is 7.74. The molecule has 5 rings (SSSR count). The Balaban J connectivity index is 1.53. The molecule has 8 heteroatoms. The van der Waals surface area contributed by atoms with Crippen molar-refractivity contribution in [3.63, 3.8) is 0 Å². The molecule has 186 valence electrons. The molecule has 0 spiro atoms. The third-order valence-electron chi connectivity index (χ3n) is 6.59. The molecule has 0 saturated carbocycles. The predicted molar refractivity (Wildman–Crippen MR) is 133 cm³/mol. The highest BCUT2D eigenvalue weighted by molar-refractivity contribution is 7.99. The monoisotopic (exact) mass is 510 g/mol. The molecule has 2 amide bonds. The number of nitrogens with zero attached hydrogens (tertiary/aromatic N) is 2. The largest absolute Gasteiger partial charge is 0.416 e. The van der Waals surface area contributed by atoms with Gasteiger partial charge in [-0.15, -0.1) is 0 Å². The minimum absolute atomic E-state index is 0.0617. The molecule has 2 aliphatic heterocycles. The standard InChI is InChI=1S/C28H25F3N2O2S/c29-28(30,31)21-12-9-19(10-13-21)18-33-23-17-20(26(34)32-15-5-1-2-6-16-32)11-14-25(23)36-24-8-4-3-7-22(24)27(33)35/h3-4,7-14,17H,1-2,5-6,15-16,18H2. The summed E-state index contributed by atoms with van der Waals surface area (Å²) >= 11 is 1.45. The van der Waals surface area contributed by atoms with Gasteiger partial charge in [0.1, 0.15) is 0 Å². The number of anilines is 1. The molecule has 0 atom stereocenters. The summed E-state index contributed by atoms with van der Waals surface area (Å²) in [5, 5.41) is 0. The number of amides is 2. The zero-order chi connectivity index (χ0) is 25.3. The molecule has 4 nitrogen and oxygen atoms in total. The summed E-state index contributed by atoms with van der Waals surface area (Å²) in [6, 6.07) is 17.5. The van der Waals surface area contributed by atoms with E-state index in [4.69, 9.17) is 0 Å². The van der Waals surface area contributed by atoms with Crippen LogP contribution in [0.2, 0.25) is 0 Å². The van der Waals surface area contributed by atoms with Gasteiger partial charge in [-0.1, -0.05) is 48.9 Å². The normalized spacial score (nSPS) is 16.1. The van der Waals surface area contributed by atoms with Gasteiger partial charge >= 0.3 is 6.18 Å². The van der Waals surface area contributed by atoms with Gasteiger partial charge in [-0.05, 0) is 60.9 Å². The maximum absolute atomic E-state index is 13.7. The van der Waals surface area contributed by atoms with Crippen LogP contribution >= 0.6 is 11.8 Å². The van der Waals surface area contributed by atoms with E-state index in [2.05, 4.69) is 0 Å². The van der Waals surface area contributed by atoms with E-state index in [-0.39, 0.29) is 18.4 Å². The van der Waals surface area contributed by atoms with Crippen molar-refractivity contribution in [1.29, 1.82) is 0 Å². The Kier molecular flexibility index (Phi) is 6.79. The second-order valence-corrected chi connectivity index (χ2v) is 10.2. The van der Waals surface area contributed by atoms with Crippen LogP contribution in [0.4, 0.5) is 18.9 Å². The summed E-state index contributed by atoms with van der Waals surface area (Å²) < 4.78 is 39.2. The first-order valence-electron chi connectivity index (χ1n) is 12.0. The molecule has 0 aromatic heterocycles. The minimum Gasteiger partial charge on any atom is -0.339 e. The van der Waals surface area contributed by atoms with Crippen LogP contribution in [0.3, 0.4) is 0 Å². The number of alkyl halides is 3. The number of carbonyl (C=O) groups excluding carboxylic acids is 2. The highest BCUT2D eigenvalue weighted by Crippen LogP contribution is 2.42. The number of rotatable bonds is 3. The quantitative estimate of drug-likeness (QED) is 0.380. The fourth-order valence-corrected chi connectivity index (χ4v) is 5.71. The average Bonchev–Trinajstić information content (AvgIpc) is 3.21. The zero-order valence-electron chi connectivity index (χ0n) is 19.6. The van der Waals surface area contributed by atoms with Crippen LogP contribution in [0.1, 0.15) is 57.5 Å². The van der Waals surface area contributed by atoms with Crippen LogP contribution in [-0.2, 0) is 12.7 Å². The molecule has 3 aromatic carbocycles. The topological polar surface area (TPSA) is 40.6 Å². The first-order valence-corrected chi connectivity index (χ1v) is 12.8. The lowest BCUT2D eigenvalue weighted by molar-refractivity contribution is -0.137. The Morgan fingerprint density at radius 2 is 1.56 bits per heavy atom. The molecule has 2 heterocycles. The van der Waals surface area contributed by atoms with E-state index in [1.54, 1.807) is 29.2 Å². The smallest absolute Gasteiger partial charge is 0.339 e. The van der Waals surface area contributed by atoms with Crippen LogP contribution in [0, 0.1) is 0 Å². The minimum atomic E-state index is -4.43. The van der Waals surface area contributed by atoms with Crippen LogP contribution in [0.5, 0.6) is 0 Å². The molecule has 0 radical (unpaired) electrons. The van der Waals surface area contributed by atoms with Gasteiger partial charge in [0.05, 0.1) is 23.4 Å². The highest BCUT2D eigenvalue weighted by Gasteiger charge is 2.31. The Hall–Kier alpha value is -3.26. The molecule has 0 bridgehead atoms. The Morgan fingerprint density at radius 1 is 0.861 bits per heavy atom. The van der Waals surface area contributed by atoms with Gasteiger partial charge in [0.15, 0.2) is 0 Å². The third kappa shape index (κ3) is 5.00. The van der Waals surface area contributed by atoms with Crippen molar-refractivity contribution >= 4 is 29.3 Å². The van der Waals surface area contributed by atoms with Crippen molar-refractivity contribution in [2.24, 2.45) is 0 Å². The molecule has 0 unspecified atom stereocenters. The molecular weight excluding hydrogens is 485 g/mol. The maximum atomic E-state index is 13.7. The SMILES string of the molecule is O=C(c1ccc2c(c1)N(Cc1ccc(C(F)(F)F)cc1)C(=O)c1ccccc1S2)N1CCCCCC1. The van der Waals surface area contributed by atoms with E-state index in [0.29, 0.717) is 35.5 Å². The molecule has 36 heavy (non-hydrogen) atoms. The van der Waals surface area contributed by atoms with E-state index in [1.807, 2.05) is 23.1 Å². The highest BCUT2D eigenvalue weighted by atomic mass is 32.2. The van der Waals surface area contributed by atoms with E-state index in [9.17, 15) is 22.8 Å². The first kappa shape index (κ1) is 24.4. The van der Waals surface area contributed by atoms with Gasteiger partial charge in [-0.25, -0.2) is 0 Å². The van der Waals surface area contributed by atoms with Gasteiger partial charge in [-0.3, -0.25) is 9.59 Å². The van der Waals surface area contributed by atoms with Crippen LogP contribution in [0.25, 0.3) is 0 Å². The Labute approximate surface area is 212 Å². The van der Waals surface area contributed by atoms with Crippen LogP contribution < -0.4 is 4.90 Å². The zero-order valence-corrected chi connectivity index (χ0v) is 20.4. The van der Waals surface area contributed by atoms with Gasteiger partial charge < -0.3 is 9.80 Å². The number of halogens is 3. The average molecular weight is 511 g/mol. The van der Waals surface area contributed by atoms with Gasteiger partial charge in [0.25, 0.3) is 11.8 Å². The Morgan fingerprint density at radius 3 is 2.25 bits per heavy atom. The van der Waals surface area contributed by atoms with Crippen molar-refractivity contribution < 1.29 is 22.8 Å². The van der Waals surface area contributed by atoms with Gasteiger partial charge in [-0.2, -0.15) is 13.2 Å². The lowest BCUT2D eigenvalue weighted by Crippen LogP contribution is -2.33. The number of fused-ring (bicyclic) bond motifs is 2. The van der Waals surface area contributed by atoms with Crippen LogP contribution in [-0.4, -0.2) is 29.8 Å². The van der Waals surface area contributed by atoms with E-state index >= 15 is 0 Å². The van der Waals surface area contributed by atoms with Crippen molar-refractivity contribution in [1.82, 2.24) is 4.90 Å². The van der Waals surface area contributed by atoms with E-state index < -0.39 is 11.7 Å². The molecule has 1 fully saturated rings. The number of benzene rings is 3. The number of likely N-dealkylation sites (tertiary alicyclic amines) is 1. The summed E-state index contributed by atoms with van der Waals surface area (Å²) in [4.78, 5) is 32.1. The second kappa shape index (κ2) is 10.0. The fourth-order valence-electron chi connectivity index (χ4n) is 4.65. The van der Waals surface area contributed by atoms with Crippen molar-refractivity contribution in [3.05, 3.63) is 89.0 Å². The lowest BCUT2D eigenvalue weighted by Gasteiger charge is -2.25. The number of hydrogen-bond donors (Lipinski definition) is 0. The summed E-state index contributed by atoms with van der Waals surface area (Å²) in [6.07, 6.45) is -0.265. The Bertz CT molecular complexity index is 1280. The number of carbonyl (C=O) groups is 2. The van der Waals surface area contributed by atoms with Gasteiger partial charge in [0.2, 0.25) is 0 Å². The maximum Gasteiger partial charge on any atom is 0.416 e. The molecule has 0 aliphatic carbocycles. The summed E-state index contributed by atoms with van der Waals surface area (Å²) in [6.45, 7) is 1.51. The molecule has 0 N–H and O–H groups in total. The molecule has 3 aromatic rings. The predicted octanol–water partition coefficient (Wildman–Crippen LogP) is 7.03. The second-order valence-electron chi connectivity index (χ2n) is 9.07. The first-order chi connectivity index (χ1) is 17.3. The lowest BCUT2D eigenvalue weighted by atomic mass is 10.1. The molecule has 2 aliphatic rings. The fraction of sp³-hybridized carbons (Fsp3) is 0.286. The summed E-state index contributed by atoms with van der Waals surface area (Å²) in [5.74, 6) is -0.315. The van der Waals surface area contributed by atoms with Crippen LogP contribution in [0.15, 0.2) is 76.5 Å². The summed E-state index contributed by atoms with van der Waals surface area (Å²) in [7, 11) is 0. The summed E-state index contributed by atoms with van der Waals surface area (Å²) in [5.41, 5.74) is 1.44. The van der Waals surface area contributed by atoms with Crippen molar-refractivity contribution in [2.45, 2.75) is 48.2 Å². The molecular formula is C28H25F3N2O2S. The van der Waals surface area contributed by atoms with E-state index in [1.165, 1.54) is 23.9 Å². The van der Waals surface area contributed by atoms with Crippen molar-refractivity contribution in [2.75, 3.05) is 18.0 Å².